The summed E-state index contributed by atoms with van der Waals surface area (Å²) < 4.78 is 11.4. The van der Waals surface area contributed by atoms with Crippen LogP contribution in [0.25, 0.3) is 0 Å². The largest absolute Gasteiger partial charge is 0.347 e. The summed E-state index contributed by atoms with van der Waals surface area (Å²) in [7, 11) is 0. The summed E-state index contributed by atoms with van der Waals surface area (Å²) in [5, 5.41) is 0. The van der Waals surface area contributed by atoms with Gasteiger partial charge in [0.25, 0.3) is 0 Å². The predicted octanol–water partition coefficient (Wildman–Crippen LogP) is 2.38. The first-order valence-corrected chi connectivity index (χ1v) is 5.04. The van der Waals surface area contributed by atoms with Crippen molar-refractivity contribution in [2.45, 2.75) is 32.2 Å². The third kappa shape index (κ3) is 2.14. The van der Waals surface area contributed by atoms with Crippen LogP contribution in [0.15, 0.2) is 30.3 Å². The minimum absolute atomic E-state index is 0.212. The molecule has 14 heavy (non-hydrogen) atoms. The zero-order chi connectivity index (χ0) is 10.0. The molecule has 0 amide bonds. The van der Waals surface area contributed by atoms with Gasteiger partial charge in [0.15, 0.2) is 5.79 Å². The summed E-state index contributed by atoms with van der Waals surface area (Å²) in [5.74, 6) is -0.430. The van der Waals surface area contributed by atoms with Crippen molar-refractivity contribution in [3.8, 4) is 0 Å². The third-order valence-electron chi connectivity index (χ3n) is 2.44. The number of benzene rings is 1. The lowest BCUT2D eigenvalue weighted by Crippen LogP contribution is -2.29. The highest BCUT2D eigenvalue weighted by Gasteiger charge is 2.34. The van der Waals surface area contributed by atoms with Gasteiger partial charge in [0, 0.05) is 6.42 Å². The normalized spacial score (nSPS) is 32.0. The van der Waals surface area contributed by atoms with Crippen LogP contribution in [0.2, 0.25) is 0 Å². The molecule has 1 saturated heterocycles. The molecule has 1 aliphatic rings. The third-order valence-corrected chi connectivity index (χ3v) is 2.44. The van der Waals surface area contributed by atoms with Crippen molar-refractivity contribution < 1.29 is 9.47 Å². The lowest BCUT2D eigenvalue weighted by Gasteiger charge is -2.22. The molecule has 2 nitrogen and oxygen atoms in total. The van der Waals surface area contributed by atoms with Crippen LogP contribution in [0.3, 0.4) is 0 Å². The molecule has 1 aromatic carbocycles. The predicted molar refractivity (Wildman–Crippen MR) is 55.1 cm³/mol. The van der Waals surface area contributed by atoms with Gasteiger partial charge in [0.1, 0.15) is 0 Å². The summed E-state index contributed by atoms with van der Waals surface area (Å²) in [5.41, 5.74) is 1.25. The molecule has 0 aliphatic carbocycles. The Bertz CT molecular complexity index is 296. The van der Waals surface area contributed by atoms with Gasteiger partial charge < -0.3 is 9.47 Å². The molecule has 1 aliphatic heterocycles. The zero-order valence-electron chi connectivity index (χ0n) is 8.69. The standard InChI is InChI=1S/C12H16O2/c1-10-9-13-12(2,14-10)8-11-6-4-3-5-7-11/h3-7,10H,8-9H2,1-2H3/t10-,12-/m1/s1. The van der Waals surface area contributed by atoms with Crippen molar-refractivity contribution in [1.82, 2.24) is 0 Å². The summed E-state index contributed by atoms with van der Waals surface area (Å²) in [6.45, 7) is 4.74. The van der Waals surface area contributed by atoms with Gasteiger partial charge in [0.2, 0.25) is 0 Å². The highest BCUT2D eigenvalue weighted by molar-refractivity contribution is 5.16. The molecule has 0 radical (unpaired) electrons. The monoisotopic (exact) mass is 192 g/mol. The Morgan fingerprint density at radius 3 is 2.64 bits per heavy atom. The maximum atomic E-state index is 5.73. The van der Waals surface area contributed by atoms with Gasteiger partial charge in [0.05, 0.1) is 12.7 Å². The molecule has 2 rings (SSSR count). The molecule has 1 aromatic rings. The topological polar surface area (TPSA) is 18.5 Å². The Labute approximate surface area is 84.8 Å². The van der Waals surface area contributed by atoms with E-state index in [0.29, 0.717) is 6.61 Å². The molecule has 0 spiro atoms. The van der Waals surface area contributed by atoms with Crippen molar-refractivity contribution in [2.24, 2.45) is 0 Å². The Morgan fingerprint density at radius 2 is 2.07 bits per heavy atom. The fourth-order valence-electron chi connectivity index (χ4n) is 1.85. The molecule has 0 bridgehead atoms. The first-order valence-electron chi connectivity index (χ1n) is 5.04. The average molecular weight is 192 g/mol. The van der Waals surface area contributed by atoms with Crippen LogP contribution in [0, 0.1) is 0 Å². The minimum atomic E-state index is -0.430. The van der Waals surface area contributed by atoms with Crippen LogP contribution in [-0.4, -0.2) is 18.5 Å². The SMILES string of the molecule is C[C@@H]1CO[C@@](C)(Cc2ccccc2)O1. The fourth-order valence-corrected chi connectivity index (χ4v) is 1.85. The lowest BCUT2D eigenvalue weighted by molar-refractivity contribution is -0.150. The van der Waals surface area contributed by atoms with Gasteiger partial charge in [-0.3, -0.25) is 0 Å². The number of rotatable bonds is 2. The first kappa shape index (κ1) is 9.69. The molecular weight excluding hydrogens is 176 g/mol. The van der Waals surface area contributed by atoms with Gasteiger partial charge in [-0.05, 0) is 19.4 Å². The molecule has 1 fully saturated rings. The van der Waals surface area contributed by atoms with Crippen molar-refractivity contribution in [1.29, 1.82) is 0 Å². The number of ether oxygens (including phenoxy) is 2. The van der Waals surface area contributed by atoms with Crippen LogP contribution < -0.4 is 0 Å². The van der Waals surface area contributed by atoms with E-state index in [2.05, 4.69) is 12.1 Å². The van der Waals surface area contributed by atoms with Crippen molar-refractivity contribution in [3.63, 3.8) is 0 Å². The molecule has 0 N–H and O–H groups in total. The average Bonchev–Trinajstić information content (AvgIpc) is 2.47. The van der Waals surface area contributed by atoms with Gasteiger partial charge in [-0.15, -0.1) is 0 Å². The molecule has 76 valence electrons. The van der Waals surface area contributed by atoms with Crippen LogP contribution >= 0.6 is 0 Å². The van der Waals surface area contributed by atoms with Crippen molar-refractivity contribution >= 4 is 0 Å². The van der Waals surface area contributed by atoms with Crippen LogP contribution in [0.1, 0.15) is 19.4 Å². The molecular formula is C12H16O2. The summed E-state index contributed by atoms with van der Waals surface area (Å²) in [6.07, 6.45) is 1.03. The summed E-state index contributed by atoms with van der Waals surface area (Å²) >= 11 is 0. The Balaban J connectivity index is 2.04. The van der Waals surface area contributed by atoms with E-state index in [4.69, 9.17) is 9.47 Å². The van der Waals surface area contributed by atoms with Gasteiger partial charge >= 0.3 is 0 Å². The first-order chi connectivity index (χ1) is 6.68. The number of hydrogen-bond donors (Lipinski definition) is 0. The molecule has 1 heterocycles. The van der Waals surface area contributed by atoms with E-state index in [1.807, 2.05) is 32.0 Å². The highest BCUT2D eigenvalue weighted by Crippen LogP contribution is 2.26. The fraction of sp³-hybridized carbons (Fsp3) is 0.500. The van der Waals surface area contributed by atoms with E-state index < -0.39 is 5.79 Å². The van der Waals surface area contributed by atoms with Crippen molar-refractivity contribution in [3.05, 3.63) is 35.9 Å². The molecule has 2 atom stereocenters. The van der Waals surface area contributed by atoms with Crippen LogP contribution in [-0.2, 0) is 15.9 Å². The van der Waals surface area contributed by atoms with E-state index in [1.165, 1.54) is 5.56 Å². The number of hydrogen-bond acceptors (Lipinski definition) is 2. The molecule has 0 saturated carbocycles. The maximum absolute atomic E-state index is 5.73. The minimum Gasteiger partial charge on any atom is -0.347 e. The Morgan fingerprint density at radius 1 is 1.36 bits per heavy atom. The Kier molecular flexibility index (Phi) is 2.57. The van der Waals surface area contributed by atoms with Crippen LogP contribution in [0.4, 0.5) is 0 Å². The lowest BCUT2D eigenvalue weighted by atomic mass is 10.1. The second-order valence-corrected chi connectivity index (χ2v) is 4.04. The van der Waals surface area contributed by atoms with Crippen molar-refractivity contribution in [2.75, 3.05) is 6.61 Å². The molecule has 0 unspecified atom stereocenters. The van der Waals surface area contributed by atoms with E-state index in [1.54, 1.807) is 0 Å². The summed E-state index contributed by atoms with van der Waals surface area (Å²) in [6, 6.07) is 10.3. The highest BCUT2D eigenvalue weighted by atomic mass is 16.7. The summed E-state index contributed by atoms with van der Waals surface area (Å²) in [4.78, 5) is 0. The quantitative estimate of drug-likeness (QED) is 0.716. The Hall–Kier alpha value is -0.860. The maximum Gasteiger partial charge on any atom is 0.170 e. The molecule has 2 heteroatoms. The van der Waals surface area contributed by atoms with Gasteiger partial charge in [-0.2, -0.15) is 0 Å². The van der Waals surface area contributed by atoms with E-state index in [-0.39, 0.29) is 6.10 Å². The zero-order valence-corrected chi connectivity index (χ0v) is 8.69. The van der Waals surface area contributed by atoms with E-state index >= 15 is 0 Å². The van der Waals surface area contributed by atoms with Gasteiger partial charge in [-0.25, -0.2) is 0 Å². The van der Waals surface area contributed by atoms with E-state index in [9.17, 15) is 0 Å². The van der Waals surface area contributed by atoms with Crippen LogP contribution in [0.5, 0.6) is 0 Å². The second kappa shape index (κ2) is 3.71. The molecule has 0 aromatic heterocycles. The second-order valence-electron chi connectivity index (χ2n) is 4.04. The van der Waals surface area contributed by atoms with E-state index in [0.717, 1.165) is 6.42 Å². The smallest absolute Gasteiger partial charge is 0.170 e. The van der Waals surface area contributed by atoms with Gasteiger partial charge in [-0.1, -0.05) is 30.3 Å².